The van der Waals surface area contributed by atoms with E-state index in [0.29, 0.717) is 11.2 Å². The smallest absolute Gasteiger partial charge is 0.157 e. The lowest BCUT2D eigenvalue weighted by Gasteiger charge is -2.16. The highest BCUT2D eigenvalue weighted by Gasteiger charge is 2.23. The molecule has 2 heterocycles. The van der Waals surface area contributed by atoms with Crippen molar-refractivity contribution in [1.29, 1.82) is 0 Å². The molecule has 1 aromatic rings. The second-order valence-electron chi connectivity index (χ2n) is 4.67. The second-order valence-corrected chi connectivity index (χ2v) is 5.89. The maximum atomic E-state index is 4.54. The van der Waals surface area contributed by atoms with Crippen molar-refractivity contribution in [3.8, 4) is 0 Å². The van der Waals surface area contributed by atoms with E-state index in [0.717, 1.165) is 17.4 Å². The number of hydrogen-bond donors (Lipinski definition) is 1. The normalized spacial score (nSPS) is 21.4. The van der Waals surface area contributed by atoms with E-state index in [-0.39, 0.29) is 6.04 Å². The van der Waals surface area contributed by atoms with Gasteiger partial charge in [-0.2, -0.15) is 0 Å². The Morgan fingerprint density at radius 2 is 2.18 bits per heavy atom. The van der Waals surface area contributed by atoms with Crippen LogP contribution in [0.3, 0.4) is 0 Å². The monoisotopic (exact) mass is 249 g/mol. The van der Waals surface area contributed by atoms with E-state index in [9.17, 15) is 0 Å². The van der Waals surface area contributed by atoms with Crippen LogP contribution in [0.1, 0.15) is 32.5 Å². The van der Waals surface area contributed by atoms with Crippen molar-refractivity contribution >= 4 is 16.9 Å². The van der Waals surface area contributed by atoms with Gasteiger partial charge in [0.25, 0.3) is 0 Å². The molecular weight excluding hydrogens is 230 g/mol. The topological polar surface area (TPSA) is 37.3 Å². The molecule has 0 saturated heterocycles. The fourth-order valence-corrected chi connectivity index (χ4v) is 2.81. The fourth-order valence-electron chi connectivity index (χ4n) is 1.71. The number of hydrogen-bond acceptors (Lipinski definition) is 4. The molecule has 1 aliphatic heterocycles. The molecule has 2 atom stereocenters. The van der Waals surface area contributed by atoms with Gasteiger partial charge < -0.3 is 5.32 Å². The third-order valence-corrected chi connectivity index (χ3v) is 4.36. The molecule has 17 heavy (non-hydrogen) atoms. The van der Waals surface area contributed by atoms with Gasteiger partial charge in [-0.15, -0.1) is 0 Å². The summed E-state index contributed by atoms with van der Waals surface area (Å²) in [7, 11) is 0. The maximum absolute atomic E-state index is 4.54. The molecule has 92 valence electrons. The molecule has 4 heteroatoms. The summed E-state index contributed by atoms with van der Waals surface area (Å²) < 4.78 is 0. The van der Waals surface area contributed by atoms with E-state index in [2.05, 4.69) is 36.1 Å². The van der Waals surface area contributed by atoms with Crippen molar-refractivity contribution in [2.75, 3.05) is 6.54 Å². The first-order chi connectivity index (χ1) is 8.16. The van der Waals surface area contributed by atoms with E-state index in [1.54, 1.807) is 0 Å². The first-order valence-corrected chi connectivity index (χ1v) is 6.93. The number of aliphatic imine (C=N–C) groups is 1. The summed E-state index contributed by atoms with van der Waals surface area (Å²) in [4.78, 5) is 8.89. The van der Waals surface area contributed by atoms with Crippen molar-refractivity contribution in [3.63, 3.8) is 0 Å². The highest BCUT2D eigenvalue weighted by molar-refractivity contribution is 8.14. The Bertz CT molecular complexity index is 389. The zero-order chi connectivity index (χ0) is 12.3. The number of aromatic nitrogens is 1. The van der Waals surface area contributed by atoms with Gasteiger partial charge >= 0.3 is 0 Å². The van der Waals surface area contributed by atoms with Crippen LogP contribution in [0.15, 0.2) is 29.4 Å². The Hall–Kier alpha value is -1.03. The predicted octanol–water partition coefficient (Wildman–Crippen LogP) is 2.86. The first-order valence-electron chi connectivity index (χ1n) is 6.05. The quantitative estimate of drug-likeness (QED) is 0.895. The molecule has 0 amide bonds. The summed E-state index contributed by atoms with van der Waals surface area (Å²) in [6.45, 7) is 7.55. The van der Waals surface area contributed by atoms with Crippen LogP contribution in [0.25, 0.3) is 0 Å². The number of thioether (sulfide) groups is 1. The van der Waals surface area contributed by atoms with Crippen LogP contribution >= 0.6 is 11.8 Å². The summed E-state index contributed by atoms with van der Waals surface area (Å²) in [5.41, 5.74) is 1.06. The van der Waals surface area contributed by atoms with E-state index < -0.39 is 0 Å². The first kappa shape index (κ1) is 12.4. The summed E-state index contributed by atoms with van der Waals surface area (Å²) in [5, 5.41) is 5.11. The molecule has 3 nitrogen and oxygen atoms in total. The number of rotatable bonds is 3. The molecule has 1 N–H and O–H groups in total. The SMILES string of the molecule is CC(NC1=NCC(C(C)C)S1)c1ccccn1. The van der Waals surface area contributed by atoms with Crippen LogP contribution in [-0.4, -0.2) is 21.9 Å². The largest absolute Gasteiger partial charge is 0.357 e. The van der Waals surface area contributed by atoms with Gasteiger partial charge in [0, 0.05) is 11.4 Å². The van der Waals surface area contributed by atoms with Gasteiger partial charge in [-0.25, -0.2) is 0 Å². The van der Waals surface area contributed by atoms with Gasteiger partial charge in [0.15, 0.2) is 5.17 Å². The van der Waals surface area contributed by atoms with Crippen molar-refractivity contribution in [2.24, 2.45) is 10.9 Å². The molecule has 0 radical (unpaired) electrons. The standard InChI is InChI=1S/C13H19N3S/c1-9(2)12-8-15-13(17-12)16-10(3)11-6-4-5-7-14-11/h4-7,9-10,12H,8H2,1-3H3,(H,15,16). The maximum Gasteiger partial charge on any atom is 0.157 e. The van der Waals surface area contributed by atoms with Gasteiger partial charge in [-0.3, -0.25) is 9.98 Å². The Balaban J connectivity index is 1.91. The average Bonchev–Trinajstić information content (AvgIpc) is 2.79. The van der Waals surface area contributed by atoms with Crippen LogP contribution in [0.2, 0.25) is 0 Å². The minimum Gasteiger partial charge on any atom is -0.357 e. The Morgan fingerprint density at radius 3 is 2.76 bits per heavy atom. The van der Waals surface area contributed by atoms with Crippen LogP contribution in [0, 0.1) is 5.92 Å². The van der Waals surface area contributed by atoms with Crippen LogP contribution < -0.4 is 5.32 Å². The molecule has 0 saturated carbocycles. The second kappa shape index (κ2) is 5.54. The van der Waals surface area contributed by atoms with Gasteiger partial charge in [0.05, 0.1) is 18.3 Å². The summed E-state index contributed by atoms with van der Waals surface area (Å²) in [6, 6.07) is 6.21. The fraction of sp³-hybridized carbons (Fsp3) is 0.538. The van der Waals surface area contributed by atoms with Gasteiger partial charge in [-0.1, -0.05) is 31.7 Å². The van der Waals surface area contributed by atoms with Gasteiger partial charge in [-0.05, 0) is 25.0 Å². The van der Waals surface area contributed by atoms with E-state index >= 15 is 0 Å². The van der Waals surface area contributed by atoms with E-state index in [1.807, 2.05) is 36.2 Å². The zero-order valence-corrected chi connectivity index (χ0v) is 11.4. The number of nitrogens with one attached hydrogen (secondary N) is 1. The van der Waals surface area contributed by atoms with Crippen LogP contribution in [0.4, 0.5) is 0 Å². The highest BCUT2D eigenvalue weighted by Crippen LogP contribution is 2.27. The Morgan fingerprint density at radius 1 is 1.35 bits per heavy atom. The van der Waals surface area contributed by atoms with E-state index in [1.165, 1.54) is 0 Å². The molecule has 0 aromatic carbocycles. The number of nitrogens with zero attached hydrogens (tertiary/aromatic N) is 2. The zero-order valence-electron chi connectivity index (χ0n) is 10.6. The summed E-state index contributed by atoms with van der Waals surface area (Å²) in [6.07, 6.45) is 1.83. The lowest BCUT2D eigenvalue weighted by molar-refractivity contribution is 0.620. The lowest BCUT2D eigenvalue weighted by Crippen LogP contribution is -2.24. The highest BCUT2D eigenvalue weighted by atomic mass is 32.2. The molecule has 2 rings (SSSR count). The van der Waals surface area contributed by atoms with E-state index in [4.69, 9.17) is 0 Å². The summed E-state index contributed by atoms with van der Waals surface area (Å²) >= 11 is 1.85. The van der Waals surface area contributed by atoms with Crippen molar-refractivity contribution in [1.82, 2.24) is 10.3 Å². The molecule has 0 fully saturated rings. The van der Waals surface area contributed by atoms with Crippen LogP contribution in [0.5, 0.6) is 0 Å². The van der Waals surface area contributed by atoms with Crippen molar-refractivity contribution in [2.45, 2.75) is 32.1 Å². The Kier molecular flexibility index (Phi) is 4.05. The summed E-state index contributed by atoms with van der Waals surface area (Å²) in [5.74, 6) is 0.674. The van der Waals surface area contributed by atoms with Crippen molar-refractivity contribution < 1.29 is 0 Å². The predicted molar refractivity (Wildman–Crippen MR) is 74.3 cm³/mol. The minimum absolute atomic E-state index is 0.216. The molecular formula is C13H19N3S. The third-order valence-electron chi connectivity index (χ3n) is 2.89. The van der Waals surface area contributed by atoms with Gasteiger partial charge in [0.1, 0.15) is 0 Å². The minimum atomic E-state index is 0.216. The van der Waals surface area contributed by atoms with Crippen LogP contribution in [-0.2, 0) is 0 Å². The van der Waals surface area contributed by atoms with Crippen molar-refractivity contribution in [3.05, 3.63) is 30.1 Å². The number of amidine groups is 1. The Labute approximate surface area is 107 Å². The molecule has 1 aliphatic rings. The average molecular weight is 249 g/mol. The number of pyridine rings is 1. The molecule has 0 aliphatic carbocycles. The molecule has 1 aromatic heterocycles. The van der Waals surface area contributed by atoms with Gasteiger partial charge in [0.2, 0.25) is 0 Å². The lowest BCUT2D eigenvalue weighted by atomic mass is 10.1. The molecule has 0 bridgehead atoms. The molecule has 0 spiro atoms. The molecule has 2 unspecified atom stereocenters. The third kappa shape index (κ3) is 3.22.